The molecule has 1 aliphatic heterocycles. The summed E-state index contributed by atoms with van der Waals surface area (Å²) in [5, 5.41) is 0.508. The second kappa shape index (κ2) is 9.44. The Kier molecular flexibility index (Phi) is 7.07. The number of carbonyl (C=O) groups excluding carboxylic acids is 2. The number of ketones is 1. The molecule has 0 saturated carbocycles. The molecule has 0 unspecified atom stereocenters. The molecule has 1 atom stereocenters. The Morgan fingerprint density at radius 1 is 1.25 bits per heavy atom. The molecular formula is C22H24ClF3N4O2. The highest BCUT2D eigenvalue weighted by Crippen LogP contribution is 2.31. The van der Waals surface area contributed by atoms with Crippen molar-refractivity contribution in [1.82, 2.24) is 14.9 Å². The number of rotatable bonds is 7. The van der Waals surface area contributed by atoms with Crippen LogP contribution in [0.5, 0.6) is 0 Å². The zero-order chi connectivity index (χ0) is 23.6. The van der Waals surface area contributed by atoms with Crippen molar-refractivity contribution in [3.63, 3.8) is 0 Å². The summed E-state index contributed by atoms with van der Waals surface area (Å²) in [7, 11) is 0. The van der Waals surface area contributed by atoms with Crippen molar-refractivity contribution in [1.29, 1.82) is 0 Å². The summed E-state index contributed by atoms with van der Waals surface area (Å²) in [6.45, 7) is 6.00. The number of hydrogen-bond donors (Lipinski definition) is 0. The van der Waals surface area contributed by atoms with E-state index in [-0.39, 0.29) is 42.9 Å². The second-order valence-electron chi connectivity index (χ2n) is 8.34. The summed E-state index contributed by atoms with van der Waals surface area (Å²) < 4.78 is 38.4. The predicted molar refractivity (Wildman–Crippen MR) is 115 cm³/mol. The van der Waals surface area contributed by atoms with Gasteiger partial charge < -0.3 is 4.90 Å². The van der Waals surface area contributed by atoms with Crippen LogP contribution in [-0.4, -0.2) is 45.8 Å². The molecule has 3 rings (SSSR count). The topological polar surface area (TPSA) is 66.4 Å². The summed E-state index contributed by atoms with van der Waals surface area (Å²) in [6, 6.07) is 3.14. The van der Waals surface area contributed by atoms with Crippen molar-refractivity contribution in [3.05, 3.63) is 52.6 Å². The number of urea groups is 1. The molecule has 2 aromatic heterocycles. The number of amides is 2. The van der Waals surface area contributed by atoms with Crippen molar-refractivity contribution in [2.45, 2.75) is 45.8 Å². The smallest absolute Gasteiger partial charge is 0.312 e. The number of hydrogen-bond acceptors (Lipinski definition) is 4. The first-order valence-electron chi connectivity index (χ1n) is 10.2. The van der Waals surface area contributed by atoms with Crippen LogP contribution >= 0.6 is 11.6 Å². The molecule has 0 N–H and O–H groups in total. The van der Waals surface area contributed by atoms with Crippen LogP contribution < -0.4 is 4.90 Å². The average Bonchev–Trinajstić information content (AvgIpc) is 2.99. The van der Waals surface area contributed by atoms with E-state index in [0.29, 0.717) is 17.1 Å². The van der Waals surface area contributed by atoms with Crippen LogP contribution in [-0.2, 0) is 17.4 Å². The Morgan fingerprint density at radius 3 is 2.53 bits per heavy atom. The van der Waals surface area contributed by atoms with Gasteiger partial charge in [0.25, 0.3) is 0 Å². The van der Waals surface area contributed by atoms with E-state index < -0.39 is 17.9 Å². The van der Waals surface area contributed by atoms with E-state index in [1.54, 1.807) is 6.07 Å². The lowest BCUT2D eigenvalue weighted by Crippen LogP contribution is -2.40. The minimum absolute atomic E-state index is 0.0536. The Balaban J connectivity index is 1.76. The van der Waals surface area contributed by atoms with E-state index in [1.807, 2.05) is 20.8 Å². The van der Waals surface area contributed by atoms with Crippen LogP contribution in [0.3, 0.4) is 0 Å². The van der Waals surface area contributed by atoms with Gasteiger partial charge in [-0.25, -0.2) is 9.78 Å². The second-order valence-corrected chi connectivity index (χ2v) is 8.75. The third-order valence-corrected chi connectivity index (χ3v) is 5.63. The van der Waals surface area contributed by atoms with Crippen molar-refractivity contribution in [2.75, 3.05) is 18.0 Å². The Morgan fingerprint density at radius 2 is 1.97 bits per heavy atom. The van der Waals surface area contributed by atoms with Gasteiger partial charge in [0.15, 0.2) is 5.78 Å². The van der Waals surface area contributed by atoms with Crippen LogP contribution in [0.1, 0.15) is 37.2 Å². The van der Waals surface area contributed by atoms with Gasteiger partial charge in [-0.05, 0) is 43.0 Å². The third kappa shape index (κ3) is 5.56. The highest BCUT2D eigenvalue weighted by molar-refractivity contribution is 6.31. The van der Waals surface area contributed by atoms with Crippen molar-refractivity contribution in [2.24, 2.45) is 5.92 Å². The summed E-state index contributed by atoms with van der Waals surface area (Å²) in [5.41, 5.74) is 0.610. The largest absolute Gasteiger partial charge is 0.433 e. The lowest BCUT2D eigenvalue weighted by Gasteiger charge is -2.23. The maximum Gasteiger partial charge on any atom is 0.433 e. The first kappa shape index (κ1) is 24.0. The molecule has 2 aromatic rings. The zero-order valence-corrected chi connectivity index (χ0v) is 18.7. The van der Waals surface area contributed by atoms with Crippen molar-refractivity contribution < 1.29 is 22.8 Å². The number of carbonyl (C=O) groups is 2. The SMILES string of the molecule is Cc1cc(CC(=O)CN2C(=O)N(c3ccc(C(F)(F)F)nc3)C[C@@H]2CC(C)C)ncc1Cl. The van der Waals surface area contributed by atoms with Crippen LogP contribution in [0.4, 0.5) is 23.7 Å². The maximum atomic E-state index is 13.1. The zero-order valence-electron chi connectivity index (χ0n) is 18.0. The molecule has 0 aliphatic carbocycles. The standard InChI is InChI=1S/C22H24ClF3N4O2/c1-13(2)6-17-11-29(16-4-5-20(28-9-16)22(24,25)26)21(32)30(17)12-18(31)8-15-7-14(3)19(23)10-27-15/h4-5,7,9-10,13,17H,6,8,11-12H2,1-3H3/t17-/m0/s1. The van der Waals surface area contributed by atoms with E-state index in [9.17, 15) is 22.8 Å². The molecule has 172 valence electrons. The normalized spacial score (nSPS) is 16.9. The van der Waals surface area contributed by atoms with E-state index in [1.165, 1.54) is 22.1 Å². The molecule has 10 heteroatoms. The fourth-order valence-corrected chi connectivity index (χ4v) is 3.82. The van der Waals surface area contributed by atoms with Gasteiger partial charge in [0.1, 0.15) is 5.69 Å². The molecule has 1 fully saturated rings. The van der Waals surface area contributed by atoms with Crippen LogP contribution in [0.15, 0.2) is 30.6 Å². The number of alkyl halides is 3. The van der Waals surface area contributed by atoms with Gasteiger partial charge >= 0.3 is 12.2 Å². The molecule has 32 heavy (non-hydrogen) atoms. The highest BCUT2D eigenvalue weighted by Gasteiger charge is 2.40. The molecule has 0 radical (unpaired) electrons. The number of nitrogens with zero attached hydrogens (tertiary/aromatic N) is 4. The summed E-state index contributed by atoms with van der Waals surface area (Å²) in [4.78, 5) is 36.3. The maximum absolute atomic E-state index is 13.1. The summed E-state index contributed by atoms with van der Waals surface area (Å²) in [6.07, 6.45) is -1.32. The highest BCUT2D eigenvalue weighted by atomic mass is 35.5. The molecule has 0 aromatic carbocycles. The molecule has 3 heterocycles. The van der Waals surface area contributed by atoms with E-state index >= 15 is 0 Å². The lowest BCUT2D eigenvalue weighted by atomic mass is 10.0. The summed E-state index contributed by atoms with van der Waals surface area (Å²) in [5.74, 6) is 0.0744. The van der Waals surface area contributed by atoms with Gasteiger partial charge in [-0.3, -0.25) is 14.7 Å². The van der Waals surface area contributed by atoms with E-state index in [2.05, 4.69) is 9.97 Å². The van der Waals surface area contributed by atoms with Gasteiger partial charge in [0, 0.05) is 18.4 Å². The van der Waals surface area contributed by atoms with Crippen LogP contribution in [0.2, 0.25) is 5.02 Å². The Labute approximate surface area is 189 Å². The fraction of sp³-hybridized carbons (Fsp3) is 0.455. The Hall–Kier alpha value is -2.68. The first-order chi connectivity index (χ1) is 15.0. The first-order valence-corrected chi connectivity index (χ1v) is 10.6. The molecule has 6 nitrogen and oxygen atoms in total. The minimum Gasteiger partial charge on any atom is -0.312 e. The van der Waals surface area contributed by atoms with Gasteiger partial charge in [-0.15, -0.1) is 0 Å². The van der Waals surface area contributed by atoms with Gasteiger partial charge in [-0.1, -0.05) is 25.4 Å². The minimum atomic E-state index is -4.56. The van der Waals surface area contributed by atoms with E-state index in [0.717, 1.165) is 17.8 Å². The lowest BCUT2D eigenvalue weighted by molar-refractivity contribution is -0.141. The number of halogens is 4. The van der Waals surface area contributed by atoms with Crippen molar-refractivity contribution in [3.8, 4) is 0 Å². The van der Waals surface area contributed by atoms with Gasteiger partial charge in [0.05, 0.1) is 35.9 Å². The molecule has 0 spiro atoms. The average molecular weight is 469 g/mol. The fourth-order valence-electron chi connectivity index (χ4n) is 3.71. The van der Waals surface area contributed by atoms with Gasteiger partial charge in [-0.2, -0.15) is 13.2 Å². The molecule has 1 saturated heterocycles. The van der Waals surface area contributed by atoms with Gasteiger partial charge in [0.2, 0.25) is 0 Å². The molecule has 1 aliphatic rings. The molecule has 2 amide bonds. The molecule has 0 bridgehead atoms. The Bertz CT molecular complexity index is 996. The quantitative estimate of drug-likeness (QED) is 0.578. The van der Waals surface area contributed by atoms with E-state index in [4.69, 9.17) is 11.6 Å². The van der Waals surface area contributed by atoms with Crippen LogP contribution in [0, 0.1) is 12.8 Å². The summed E-state index contributed by atoms with van der Waals surface area (Å²) >= 11 is 5.98. The number of anilines is 1. The third-order valence-electron chi connectivity index (χ3n) is 5.23. The number of Topliss-reactive ketones (excluding diaryl/α,β-unsaturated/α-hetero) is 1. The van der Waals surface area contributed by atoms with Crippen LogP contribution in [0.25, 0.3) is 0 Å². The molecular weight excluding hydrogens is 445 g/mol. The number of aromatic nitrogens is 2. The number of pyridine rings is 2. The predicted octanol–water partition coefficient (Wildman–Crippen LogP) is 4.93. The van der Waals surface area contributed by atoms with Crippen molar-refractivity contribution >= 4 is 29.1 Å². The monoisotopic (exact) mass is 468 g/mol. The number of aryl methyl sites for hydroxylation is 1.